The van der Waals surface area contributed by atoms with Crippen LogP contribution in [0.2, 0.25) is 0 Å². The van der Waals surface area contributed by atoms with Crippen LogP contribution in [-0.4, -0.2) is 10.2 Å². The van der Waals surface area contributed by atoms with E-state index in [-0.39, 0.29) is 11.5 Å². The van der Waals surface area contributed by atoms with Crippen molar-refractivity contribution >= 4 is 95.6 Å². The highest BCUT2D eigenvalue weighted by Gasteiger charge is 2.34. The summed E-state index contributed by atoms with van der Waals surface area (Å²) >= 11 is 20.9. The van der Waals surface area contributed by atoms with Crippen LogP contribution in [0.4, 0.5) is 0 Å². The Kier molecular flexibility index (Phi) is 6.40. The molecular weight excluding hydrogens is 692 g/mol. The van der Waals surface area contributed by atoms with Gasteiger partial charge in [-0.2, -0.15) is 0 Å². The van der Waals surface area contributed by atoms with Crippen LogP contribution < -0.4 is 0 Å². The van der Waals surface area contributed by atoms with Crippen molar-refractivity contribution in [2.24, 2.45) is 0 Å². The Labute approximate surface area is 184 Å². The highest BCUT2D eigenvalue weighted by molar-refractivity contribution is 9.14. The van der Waals surface area contributed by atoms with Crippen LogP contribution in [0.3, 0.4) is 0 Å². The second kappa shape index (κ2) is 7.27. The third kappa shape index (κ3) is 3.45. The normalized spacial score (nSPS) is 11.8. The highest BCUT2D eigenvalue weighted by Crippen LogP contribution is 2.52. The van der Waals surface area contributed by atoms with E-state index in [1.165, 1.54) is 0 Å². The summed E-state index contributed by atoms with van der Waals surface area (Å²) in [4.78, 5) is 0. The molecule has 0 fully saturated rings. The first-order valence-corrected chi connectivity index (χ1v) is 11.0. The first-order chi connectivity index (χ1) is 10.5. The van der Waals surface area contributed by atoms with Gasteiger partial charge in [-0.1, -0.05) is 19.9 Å². The molecule has 0 saturated carbocycles. The van der Waals surface area contributed by atoms with E-state index in [4.69, 9.17) is 0 Å². The molecule has 2 nitrogen and oxygen atoms in total. The Morgan fingerprint density at radius 1 is 0.696 bits per heavy atom. The van der Waals surface area contributed by atoms with E-state index in [1.54, 1.807) is 6.07 Å². The minimum Gasteiger partial charge on any atom is -0.507 e. The summed E-state index contributed by atoms with van der Waals surface area (Å²) in [5.74, 6) is 0.289. The Hall–Kier alpha value is 0.920. The van der Waals surface area contributed by atoms with Crippen LogP contribution in [0.1, 0.15) is 25.0 Å². The lowest BCUT2D eigenvalue weighted by Crippen LogP contribution is -2.21. The standard InChI is InChI=1S/C15H10Br6O2/c1-15(2,5-3-4-6(22)9(17)8(5)16)7-10(18)12(20)14(23)13(21)11(7)19/h3-4,22-23H,1-2H3. The van der Waals surface area contributed by atoms with Gasteiger partial charge >= 0.3 is 0 Å². The summed E-state index contributed by atoms with van der Waals surface area (Å²) in [6, 6.07) is 3.52. The van der Waals surface area contributed by atoms with E-state index in [2.05, 4.69) is 109 Å². The first-order valence-electron chi connectivity index (χ1n) is 6.24. The number of hydrogen-bond donors (Lipinski definition) is 2. The first kappa shape index (κ1) is 20.2. The van der Waals surface area contributed by atoms with Crippen LogP contribution >= 0.6 is 95.6 Å². The molecule has 0 saturated heterocycles. The summed E-state index contributed by atoms with van der Waals surface area (Å²) in [6.45, 7) is 4.13. The van der Waals surface area contributed by atoms with Crippen LogP contribution in [0, 0.1) is 0 Å². The Bertz CT molecular complexity index is 772. The van der Waals surface area contributed by atoms with Crippen LogP contribution in [0.15, 0.2) is 39.0 Å². The third-order valence-corrected chi connectivity index (χ3v) is 9.95. The Morgan fingerprint density at radius 3 is 1.65 bits per heavy atom. The molecule has 0 aliphatic heterocycles. The van der Waals surface area contributed by atoms with Gasteiger partial charge in [0, 0.05) is 18.8 Å². The van der Waals surface area contributed by atoms with E-state index in [0.29, 0.717) is 13.4 Å². The Balaban J connectivity index is 2.83. The number of phenolic OH excluding ortho intramolecular Hbond substituents is 2. The second-order valence-corrected chi connectivity index (χ2v) is 10.1. The van der Waals surface area contributed by atoms with E-state index in [9.17, 15) is 10.2 Å². The van der Waals surface area contributed by atoms with Crippen molar-refractivity contribution in [2.75, 3.05) is 0 Å². The fourth-order valence-corrected chi connectivity index (χ4v) is 6.59. The fourth-order valence-electron chi connectivity index (χ4n) is 2.33. The number of benzene rings is 2. The van der Waals surface area contributed by atoms with E-state index in [1.807, 2.05) is 6.07 Å². The molecule has 0 heterocycles. The molecule has 2 aromatic rings. The summed E-state index contributed by atoms with van der Waals surface area (Å²) in [7, 11) is 0. The van der Waals surface area contributed by atoms with Crippen molar-refractivity contribution in [3.8, 4) is 11.5 Å². The average Bonchev–Trinajstić information content (AvgIpc) is 2.48. The zero-order valence-corrected chi connectivity index (χ0v) is 21.3. The quantitative estimate of drug-likeness (QED) is 0.312. The molecule has 0 aliphatic carbocycles. The third-order valence-electron chi connectivity index (χ3n) is 3.60. The van der Waals surface area contributed by atoms with Gasteiger partial charge in [-0.25, -0.2) is 0 Å². The van der Waals surface area contributed by atoms with E-state index in [0.717, 1.165) is 24.5 Å². The molecule has 0 bridgehead atoms. The van der Waals surface area contributed by atoms with Crippen molar-refractivity contribution < 1.29 is 10.2 Å². The molecule has 0 radical (unpaired) electrons. The predicted octanol–water partition coefficient (Wildman–Crippen LogP) is 8.00. The maximum absolute atomic E-state index is 10.2. The van der Waals surface area contributed by atoms with Gasteiger partial charge in [-0.15, -0.1) is 0 Å². The lowest BCUT2D eigenvalue weighted by atomic mass is 9.78. The zero-order valence-electron chi connectivity index (χ0n) is 11.8. The molecule has 0 aromatic heterocycles. The predicted molar refractivity (Wildman–Crippen MR) is 115 cm³/mol. The van der Waals surface area contributed by atoms with Crippen molar-refractivity contribution in [3.05, 3.63) is 50.1 Å². The molecule has 23 heavy (non-hydrogen) atoms. The van der Waals surface area contributed by atoms with Crippen molar-refractivity contribution in [1.29, 1.82) is 0 Å². The van der Waals surface area contributed by atoms with E-state index >= 15 is 0 Å². The SMILES string of the molecule is CC(C)(c1ccc(O)c(Br)c1Br)c1c(Br)c(Br)c(O)c(Br)c1Br. The number of aromatic hydroxyl groups is 2. The van der Waals surface area contributed by atoms with Gasteiger partial charge in [-0.3, -0.25) is 0 Å². The van der Waals surface area contributed by atoms with Gasteiger partial charge in [0.25, 0.3) is 0 Å². The van der Waals surface area contributed by atoms with Gasteiger partial charge in [0.15, 0.2) is 0 Å². The van der Waals surface area contributed by atoms with Crippen molar-refractivity contribution in [3.63, 3.8) is 0 Å². The molecule has 0 amide bonds. The summed E-state index contributed by atoms with van der Waals surface area (Å²) in [5, 5.41) is 20.0. The fraction of sp³-hybridized carbons (Fsp3) is 0.200. The summed E-state index contributed by atoms with van der Waals surface area (Å²) < 4.78 is 4.04. The van der Waals surface area contributed by atoms with Gasteiger partial charge in [0.2, 0.25) is 0 Å². The van der Waals surface area contributed by atoms with Crippen LogP contribution in [0.25, 0.3) is 0 Å². The largest absolute Gasteiger partial charge is 0.507 e. The summed E-state index contributed by atoms with van der Waals surface area (Å²) in [6.07, 6.45) is 0. The van der Waals surface area contributed by atoms with E-state index < -0.39 is 5.41 Å². The Morgan fingerprint density at radius 2 is 1.17 bits per heavy atom. The molecule has 0 atom stereocenters. The molecule has 8 heteroatoms. The molecule has 0 aliphatic rings. The summed E-state index contributed by atoms with van der Waals surface area (Å²) in [5.41, 5.74) is 1.49. The van der Waals surface area contributed by atoms with Crippen LogP contribution in [-0.2, 0) is 5.41 Å². The van der Waals surface area contributed by atoms with Gasteiger partial charge in [-0.05, 0) is 113 Å². The lowest BCUT2D eigenvalue weighted by molar-refractivity contribution is 0.465. The zero-order chi connectivity index (χ0) is 17.7. The molecular formula is C15H10Br6O2. The maximum Gasteiger partial charge on any atom is 0.146 e. The average molecular weight is 702 g/mol. The van der Waals surface area contributed by atoms with Gasteiger partial charge < -0.3 is 10.2 Å². The van der Waals surface area contributed by atoms with Gasteiger partial charge in [0.05, 0.1) is 13.4 Å². The number of phenols is 2. The molecule has 2 N–H and O–H groups in total. The second-order valence-electron chi connectivity index (χ2n) is 5.36. The van der Waals surface area contributed by atoms with Crippen molar-refractivity contribution in [2.45, 2.75) is 19.3 Å². The smallest absolute Gasteiger partial charge is 0.146 e. The molecule has 124 valence electrons. The topological polar surface area (TPSA) is 40.5 Å². The molecule has 0 spiro atoms. The monoisotopic (exact) mass is 696 g/mol. The maximum atomic E-state index is 10.2. The van der Waals surface area contributed by atoms with Crippen LogP contribution in [0.5, 0.6) is 11.5 Å². The molecule has 0 unspecified atom stereocenters. The molecule has 2 rings (SSSR count). The highest BCUT2D eigenvalue weighted by atomic mass is 79.9. The number of rotatable bonds is 2. The van der Waals surface area contributed by atoms with Crippen molar-refractivity contribution in [1.82, 2.24) is 0 Å². The number of halogens is 6. The minimum absolute atomic E-state index is 0.120. The lowest BCUT2D eigenvalue weighted by Gasteiger charge is -2.31. The molecule has 2 aromatic carbocycles. The number of hydrogen-bond acceptors (Lipinski definition) is 2. The van der Waals surface area contributed by atoms with Gasteiger partial charge in [0.1, 0.15) is 11.5 Å². The minimum atomic E-state index is -0.439.